The second-order valence-corrected chi connectivity index (χ2v) is 6.67. The summed E-state index contributed by atoms with van der Waals surface area (Å²) in [6.07, 6.45) is 3.37. The van der Waals surface area contributed by atoms with E-state index in [0.717, 1.165) is 22.5 Å². The van der Waals surface area contributed by atoms with Crippen molar-refractivity contribution in [2.24, 2.45) is 0 Å². The number of hydrogen-bond donors (Lipinski definition) is 1. The average molecular weight is 376 g/mol. The number of nitrogens with one attached hydrogen (secondary N) is 1. The van der Waals surface area contributed by atoms with Gasteiger partial charge in [0.25, 0.3) is 5.91 Å². The number of aromatic nitrogens is 3. The molecule has 3 aromatic rings. The zero-order chi connectivity index (χ0) is 19.3. The Hall–Kier alpha value is -3.48. The van der Waals surface area contributed by atoms with Crippen LogP contribution in [0.15, 0.2) is 60.9 Å². The topological polar surface area (TPSA) is 88.2 Å². The molecule has 7 heteroatoms. The smallest absolute Gasteiger partial charge is 0.306 e. The number of nitrogens with zero attached hydrogens (tertiary/aromatic N) is 3. The minimum absolute atomic E-state index is 0.211. The number of ether oxygens (including phenoxy) is 1. The fraction of sp³-hybridized carbons (Fsp3) is 0.238. The first-order chi connectivity index (χ1) is 13.7. The van der Waals surface area contributed by atoms with Gasteiger partial charge >= 0.3 is 5.97 Å². The molecular formula is C21H20N4O3. The van der Waals surface area contributed by atoms with Crippen molar-refractivity contribution >= 4 is 11.9 Å². The fourth-order valence-corrected chi connectivity index (χ4v) is 3.29. The largest absolute Gasteiger partial charge is 0.452 e. The highest BCUT2D eigenvalue weighted by molar-refractivity contribution is 5.86. The predicted octanol–water partition coefficient (Wildman–Crippen LogP) is 2.71. The third kappa shape index (κ3) is 3.93. The monoisotopic (exact) mass is 376 g/mol. The Morgan fingerprint density at radius 2 is 1.96 bits per heavy atom. The van der Waals surface area contributed by atoms with Gasteiger partial charge < -0.3 is 9.64 Å². The minimum Gasteiger partial charge on any atom is -0.452 e. The highest BCUT2D eigenvalue weighted by Crippen LogP contribution is 2.24. The molecule has 0 unspecified atom stereocenters. The first kappa shape index (κ1) is 17.9. The zero-order valence-electron chi connectivity index (χ0n) is 15.2. The first-order valence-electron chi connectivity index (χ1n) is 9.16. The van der Waals surface area contributed by atoms with E-state index in [1.54, 1.807) is 17.3 Å². The van der Waals surface area contributed by atoms with E-state index in [-0.39, 0.29) is 18.3 Å². The van der Waals surface area contributed by atoms with Gasteiger partial charge in [-0.1, -0.05) is 36.4 Å². The molecule has 1 aromatic carbocycles. The number of carbonyl (C=O) groups is 2. The molecule has 0 bridgehead atoms. The molecule has 0 spiro atoms. The van der Waals surface area contributed by atoms with E-state index in [9.17, 15) is 9.59 Å². The molecule has 3 heterocycles. The summed E-state index contributed by atoms with van der Waals surface area (Å²) >= 11 is 0. The summed E-state index contributed by atoms with van der Waals surface area (Å²) in [5, 5.41) is 7.18. The number of cyclic esters (lactones) is 1. The van der Waals surface area contributed by atoms with Crippen LogP contribution in [0.2, 0.25) is 0 Å². The van der Waals surface area contributed by atoms with Crippen LogP contribution in [0.3, 0.4) is 0 Å². The molecule has 4 rings (SSSR count). The molecule has 0 saturated carbocycles. The molecular weight excluding hydrogens is 356 g/mol. The number of rotatable bonds is 6. The third-order valence-corrected chi connectivity index (χ3v) is 4.69. The molecule has 7 nitrogen and oxygen atoms in total. The fourth-order valence-electron chi connectivity index (χ4n) is 3.29. The van der Waals surface area contributed by atoms with Crippen LogP contribution in [-0.4, -0.2) is 38.1 Å². The maximum Gasteiger partial charge on any atom is 0.306 e. The standard InChI is InChI=1S/C21H20N4O3/c26-19-10-9-18(28-19)21(27)25(14-17-8-4-5-11-22-17)13-16-12-23-24-20(16)15-6-2-1-3-7-15/h1-8,11-12,18H,9-10,13-14H2,(H,23,24)/t18-/m1/s1. The molecule has 1 fully saturated rings. The molecule has 1 amide bonds. The number of carbonyl (C=O) groups excluding carboxylic acids is 2. The molecule has 2 aromatic heterocycles. The van der Waals surface area contributed by atoms with Gasteiger partial charge in [-0.15, -0.1) is 0 Å². The van der Waals surface area contributed by atoms with Gasteiger partial charge in [0.05, 0.1) is 24.1 Å². The zero-order valence-corrected chi connectivity index (χ0v) is 15.2. The molecule has 142 valence electrons. The highest BCUT2D eigenvalue weighted by Gasteiger charge is 2.33. The number of pyridine rings is 1. The molecule has 28 heavy (non-hydrogen) atoms. The second-order valence-electron chi connectivity index (χ2n) is 6.67. The van der Waals surface area contributed by atoms with Crippen LogP contribution in [0.4, 0.5) is 0 Å². The van der Waals surface area contributed by atoms with E-state index in [4.69, 9.17) is 4.74 Å². The normalized spacial score (nSPS) is 16.0. The molecule has 0 radical (unpaired) electrons. The SMILES string of the molecule is O=C1CC[C@H](C(=O)N(Cc2ccccn2)Cc2cn[nH]c2-c2ccccc2)O1. The Balaban J connectivity index is 1.60. The average Bonchev–Trinajstić information content (AvgIpc) is 3.37. The van der Waals surface area contributed by atoms with Crippen LogP contribution >= 0.6 is 0 Å². The van der Waals surface area contributed by atoms with Crippen LogP contribution in [0.25, 0.3) is 11.3 Å². The van der Waals surface area contributed by atoms with E-state index < -0.39 is 6.10 Å². The summed E-state index contributed by atoms with van der Waals surface area (Å²) in [5.74, 6) is -0.541. The van der Waals surface area contributed by atoms with E-state index in [1.807, 2.05) is 48.5 Å². The summed E-state index contributed by atoms with van der Waals surface area (Å²) in [7, 11) is 0. The Kier molecular flexibility index (Phi) is 5.14. The Morgan fingerprint density at radius 1 is 1.14 bits per heavy atom. The number of amides is 1. The van der Waals surface area contributed by atoms with Crippen LogP contribution in [-0.2, 0) is 27.4 Å². The van der Waals surface area contributed by atoms with Crippen LogP contribution in [0, 0.1) is 0 Å². The molecule has 0 aliphatic carbocycles. The lowest BCUT2D eigenvalue weighted by atomic mass is 10.1. The van der Waals surface area contributed by atoms with Crippen molar-refractivity contribution in [3.8, 4) is 11.3 Å². The van der Waals surface area contributed by atoms with Crippen LogP contribution in [0.5, 0.6) is 0 Å². The molecule has 1 N–H and O–H groups in total. The molecule has 1 aliphatic heterocycles. The molecule has 1 aliphatic rings. The van der Waals surface area contributed by atoms with Crippen molar-refractivity contribution in [3.63, 3.8) is 0 Å². The Morgan fingerprint density at radius 3 is 2.68 bits per heavy atom. The lowest BCUT2D eigenvalue weighted by Crippen LogP contribution is -2.38. The summed E-state index contributed by atoms with van der Waals surface area (Å²) in [4.78, 5) is 30.5. The van der Waals surface area contributed by atoms with E-state index in [2.05, 4.69) is 15.2 Å². The maximum absolute atomic E-state index is 13.1. The van der Waals surface area contributed by atoms with E-state index >= 15 is 0 Å². The Bertz CT molecular complexity index is 956. The number of benzene rings is 1. The second kappa shape index (κ2) is 8.04. The van der Waals surface area contributed by atoms with Crippen molar-refractivity contribution in [1.82, 2.24) is 20.1 Å². The lowest BCUT2D eigenvalue weighted by Gasteiger charge is -2.25. The van der Waals surface area contributed by atoms with Gasteiger partial charge in [-0.25, -0.2) is 0 Å². The summed E-state index contributed by atoms with van der Waals surface area (Å²) in [5.41, 5.74) is 3.51. The lowest BCUT2D eigenvalue weighted by molar-refractivity contribution is -0.153. The van der Waals surface area contributed by atoms with Gasteiger partial charge in [0.2, 0.25) is 0 Å². The van der Waals surface area contributed by atoms with Gasteiger partial charge in [-0.05, 0) is 17.7 Å². The van der Waals surface area contributed by atoms with Crippen molar-refractivity contribution in [2.75, 3.05) is 0 Å². The number of esters is 1. The highest BCUT2D eigenvalue weighted by atomic mass is 16.6. The predicted molar refractivity (Wildman–Crippen MR) is 102 cm³/mol. The Labute approximate surface area is 162 Å². The van der Waals surface area contributed by atoms with Crippen molar-refractivity contribution in [2.45, 2.75) is 32.0 Å². The van der Waals surface area contributed by atoms with E-state index in [1.165, 1.54) is 0 Å². The summed E-state index contributed by atoms with van der Waals surface area (Å²) in [6.45, 7) is 0.664. The van der Waals surface area contributed by atoms with E-state index in [0.29, 0.717) is 19.5 Å². The van der Waals surface area contributed by atoms with Crippen molar-refractivity contribution in [3.05, 3.63) is 72.2 Å². The maximum atomic E-state index is 13.1. The first-order valence-corrected chi connectivity index (χ1v) is 9.16. The van der Waals surface area contributed by atoms with Gasteiger partial charge in [0.15, 0.2) is 6.10 Å². The van der Waals surface area contributed by atoms with Crippen LogP contribution < -0.4 is 0 Å². The molecule has 1 atom stereocenters. The van der Waals surface area contributed by atoms with Gasteiger partial charge in [0, 0.05) is 31.1 Å². The summed E-state index contributed by atoms with van der Waals surface area (Å²) in [6, 6.07) is 15.4. The number of H-pyrrole nitrogens is 1. The van der Waals surface area contributed by atoms with Crippen molar-refractivity contribution in [1.29, 1.82) is 0 Å². The van der Waals surface area contributed by atoms with Gasteiger partial charge in [0.1, 0.15) is 0 Å². The summed E-state index contributed by atoms with van der Waals surface area (Å²) < 4.78 is 5.20. The minimum atomic E-state index is -0.733. The number of aromatic amines is 1. The van der Waals surface area contributed by atoms with Crippen LogP contribution in [0.1, 0.15) is 24.1 Å². The van der Waals surface area contributed by atoms with Crippen molar-refractivity contribution < 1.29 is 14.3 Å². The third-order valence-electron chi connectivity index (χ3n) is 4.69. The number of hydrogen-bond acceptors (Lipinski definition) is 5. The van der Waals surface area contributed by atoms with Gasteiger partial charge in [-0.2, -0.15) is 5.10 Å². The molecule has 1 saturated heterocycles. The quantitative estimate of drug-likeness (QED) is 0.668. The van der Waals surface area contributed by atoms with Gasteiger partial charge in [-0.3, -0.25) is 19.7 Å².